The summed E-state index contributed by atoms with van der Waals surface area (Å²) in [7, 11) is 0. The van der Waals surface area contributed by atoms with E-state index in [1.807, 2.05) is 13.8 Å². The van der Waals surface area contributed by atoms with E-state index in [4.69, 9.17) is 0 Å². The molecule has 0 aromatic rings. The van der Waals surface area contributed by atoms with Crippen LogP contribution in [0.25, 0.3) is 0 Å². The highest BCUT2D eigenvalue weighted by atomic mass is 16.1. The van der Waals surface area contributed by atoms with Crippen molar-refractivity contribution in [3.05, 3.63) is 23.8 Å². The summed E-state index contributed by atoms with van der Waals surface area (Å²) in [5.41, 5.74) is 2.38. The number of hydrogen-bond acceptors (Lipinski definition) is 1. The van der Waals surface area contributed by atoms with Crippen LogP contribution in [-0.4, -0.2) is 5.78 Å². The highest BCUT2D eigenvalue weighted by Gasteiger charge is 1.93. The van der Waals surface area contributed by atoms with Crippen LogP contribution in [0.2, 0.25) is 0 Å². The zero-order chi connectivity index (χ0) is 9.56. The molecule has 12 heavy (non-hydrogen) atoms. The molecule has 0 aromatic carbocycles. The Kier molecular flexibility index (Phi) is 5.35. The minimum absolute atomic E-state index is 0.142. The van der Waals surface area contributed by atoms with Crippen molar-refractivity contribution in [3.8, 4) is 0 Å². The molecule has 0 N–H and O–H groups in total. The van der Waals surface area contributed by atoms with Gasteiger partial charge in [0.05, 0.1) is 0 Å². The van der Waals surface area contributed by atoms with Gasteiger partial charge in [0.1, 0.15) is 0 Å². The van der Waals surface area contributed by atoms with Gasteiger partial charge in [-0.25, -0.2) is 0 Å². The number of allylic oxidation sites excluding steroid dienone is 3. The predicted octanol–water partition coefficient (Wildman–Crippen LogP) is 3.27. The number of hydrogen-bond donors (Lipinski definition) is 0. The highest BCUT2D eigenvalue weighted by Crippen LogP contribution is 2.09. The van der Waals surface area contributed by atoms with Crippen molar-refractivity contribution in [1.82, 2.24) is 0 Å². The largest absolute Gasteiger partial charge is 0.295 e. The van der Waals surface area contributed by atoms with Crippen molar-refractivity contribution < 1.29 is 4.79 Å². The molecule has 1 heteroatoms. The minimum atomic E-state index is 0.142. The van der Waals surface area contributed by atoms with Crippen molar-refractivity contribution in [2.75, 3.05) is 0 Å². The predicted molar refractivity (Wildman–Crippen MR) is 53.1 cm³/mol. The fourth-order valence-corrected chi connectivity index (χ4v) is 1.09. The Labute approximate surface area is 75.2 Å². The average Bonchev–Trinajstić information content (AvgIpc) is 1.84. The van der Waals surface area contributed by atoms with Crippen molar-refractivity contribution in [2.45, 2.75) is 40.0 Å². The van der Waals surface area contributed by atoms with Crippen molar-refractivity contribution in [2.24, 2.45) is 0 Å². The molecule has 0 atom stereocenters. The fourth-order valence-electron chi connectivity index (χ4n) is 1.09. The van der Waals surface area contributed by atoms with Crippen LogP contribution in [0, 0.1) is 0 Å². The number of carbonyl (C=O) groups excluding carboxylic acids is 1. The highest BCUT2D eigenvalue weighted by molar-refractivity contribution is 5.87. The molecule has 0 saturated carbocycles. The summed E-state index contributed by atoms with van der Waals surface area (Å²) in [4.78, 5) is 10.7. The Hall–Kier alpha value is -0.850. The van der Waals surface area contributed by atoms with E-state index in [1.165, 1.54) is 11.1 Å². The molecule has 0 saturated heterocycles. The molecule has 0 fully saturated rings. The third-order valence-corrected chi connectivity index (χ3v) is 1.62. The third kappa shape index (κ3) is 7.26. The molecular formula is C11H18O. The molecule has 0 aliphatic carbocycles. The molecule has 0 aliphatic heterocycles. The van der Waals surface area contributed by atoms with Gasteiger partial charge in [0, 0.05) is 0 Å². The standard InChI is InChI=1S/C11H18O/c1-9(2)6-5-7-10(3)8-11(4)12/h8H,1,5-7H2,2-4H3/b10-8-. The quantitative estimate of drug-likeness (QED) is 0.452. The maximum atomic E-state index is 10.7. The van der Waals surface area contributed by atoms with Gasteiger partial charge in [0.25, 0.3) is 0 Å². The second-order valence-electron chi connectivity index (χ2n) is 3.41. The molecule has 0 aromatic heterocycles. The summed E-state index contributed by atoms with van der Waals surface area (Å²) in [5, 5.41) is 0. The van der Waals surface area contributed by atoms with E-state index in [2.05, 4.69) is 6.58 Å². The molecule has 68 valence electrons. The van der Waals surface area contributed by atoms with Gasteiger partial charge in [-0.1, -0.05) is 11.1 Å². The van der Waals surface area contributed by atoms with Gasteiger partial charge in [0.2, 0.25) is 0 Å². The summed E-state index contributed by atoms with van der Waals surface area (Å²) in [6, 6.07) is 0. The second kappa shape index (κ2) is 5.76. The second-order valence-corrected chi connectivity index (χ2v) is 3.41. The minimum Gasteiger partial charge on any atom is -0.295 e. The van der Waals surface area contributed by atoms with Crippen molar-refractivity contribution >= 4 is 5.78 Å². The van der Waals surface area contributed by atoms with Crippen molar-refractivity contribution in [1.29, 1.82) is 0 Å². The summed E-state index contributed by atoms with van der Waals surface area (Å²) in [5.74, 6) is 0.142. The molecule has 0 spiro atoms. The summed E-state index contributed by atoms with van der Waals surface area (Å²) >= 11 is 0. The van der Waals surface area contributed by atoms with Crippen LogP contribution in [0.1, 0.15) is 40.0 Å². The summed E-state index contributed by atoms with van der Waals surface area (Å²) < 4.78 is 0. The fraction of sp³-hybridized carbons (Fsp3) is 0.545. The molecule has 0 radical (unpaired) electrons. The van der Waals surface area contributed by atoms with E-state index in [1.54, 1.807) is 13.0 Å². The molecule has 0 unspecified atom stereocenters. The average molecular weight is 166 g/mol. The van der Waals surface area contributed by atoms with E-state index >= 15 is 0 Å². The Morgan fingerprint density at radius 1 is 1.25 bits per heavy atom. The SMILES string of the molecule is C=C(C)CCC/C(C)=C\C(C)=O. The van der Waals surface area contributed by atoms with E-state index in [9.17, 15) is 4.79 Å². The van der Waals surface area contributed by atoms with Gasteiger partial charge in [-0.2, -0.15) is 0 Å². The summed E-state index contributed by atoms with van der Waals surface area (Å²) in [6.45, 7) is 9.44. The normalized spacial score (nSPS) is 11.4. The van der Waals surface area contributed by atoms with Gasteiger partial charge in [-0.15, -0.1) is 6.58 Å². The van der Waals surface area contributed by atoms with E-state index in [0.717, 1.165) is 19.3 Å². The Balaban J connectivity index is 3.64. The maximum absolute atomic E-state index is 10.7. The Morgan fingerprint density at radius 2 is 1.83 bits per heavy atom. The van der Waals surface area contributed by atoms with E-state index in [0.29, 0.717) is 0 Å². The van der Waals surface area contributed by atoms with E-state index < -0.39 is 0 Å². The zero-order valence-electron chi connectivity index (χ0n) is 8.31. The van der Waals surface area contributed by atoms with Crippen LogP contribution in [0.15, 0.2) is 23.8 Å². The molecule has 1 nitrogen and oxygen atoms in total. The molecule has 0 rings (SSSR count). The molecule has 0 bridgehead atoms. The third-order valence-electron chi connectivity index (χ3n) is 1.62. The number of rotatable bonds is 5. The van der Waals surface area contributed by atoms with Gasteiger partial charge < -0.3 is 0 Å². The molecule has 0 heterocycles. The number of ketones is 1. The van der Waals surface area contributed by atoms with Crippen LogP contribution in [0.5, 0.6) is 0 Å². The maximum Gasteiger partial charge on any atom is 0.152 e. The number of carbonyl (C=O) groups is 1. The molecule has 0 amide bonds. The van der Waals surface area contributed by atoms with Crippen LogP contribution < -0.4 is 0 Å². The lowest BCUT2D eigenvalue weighted by atomic mass is 10.1. The van der Waals surface area contributed by atoms with Gasteiger partial charge in [-0.3, -0.25) is 4.79 Å². The van der Waals surface area contributed by atoms with Crippen LogP contribution in [0.3, 0.4) is 0 Å². The molecule has 0 aliphatic rings. The molecular weight excluding hydrogens is 148 g/mol. The van der Waals surface area contributed by atoms with Gasteiger partial charge in [-0.05, 0) is 46.1 Å². The Morgan fingerprint density at radius 3 is 2.25 bits per heavy atom. The summed E-state index contributed by atoms with van der Waals surface area (Å²) in [6.07, 6.45) is 4.87. The smallest absolute Gasteiger partial charge is 0.152 e. The van der Waals surface area contributed by atoms with Crippen LogP contribution >= 0.6 is 0 Å². The lowest BCUT2D eigenvalue weighted by molar-refractivity contribution is -0.112. The van der Waals surface area contributed by atoms with Crippen LogP contribution in [-0.2, 0) is 4.79 Å². The Bertz CT molecular complexity index is 199. The van der Waals surface area contributed by atoms with E-state index in [-0.39, 0.29) is 5.78 Å². The van der Waals surface area contributed by atoms with Crippen molar-refractivity contribution in [3.63, 3.8) is 0 Å². The first-order valence-electron chi connectivity index (χ1n) is 4.34. The topological polar surface area (TPSA) is 17.1 Å². The lowest BCUT2D eigenvalue weighted by Crippen LogP contribution is -1.86. The van der Waals surface area contributed by atoms with Gasteiger partial charge in [0.15, 0.2) is 5.78 Å². The lowest BCUT2D eigenvalue weighted by Gasteiger charge is -1.99. The first kappa shape index (κ1) is 11.2. The monoisotopic (exact) mass is 166 g/mol. The first-order valence-corrected chi connectivity index (χ1v) is 4.34. The first-order chi connectivity index (χ1) is 5.52. The van der Waals surface area contributed by atoms with Gasteiger partial charge >= 0.3 is 0 Å². The zero-order valence-corrected chi connectivity index (χ0v) is 8.31. The van der Waals surface area contributed by atoms with Crippen LogP contribution in [0.4, 0.5) is 0 Å².